The molecule has 0 N–H and O–H groups in total. The number of aryl methyl sites for hydroxylation is 2. The van der Waals surface area contributed by atoms with Crippen molar-refractivity contribution >= 4 is 5.78 Å². The van der Waals surface area contributed by atoms with Crippen LogP contribution in [0.5, 0.6) is 5.75 Å². The van der Waals surface area contributed by atoms with E-state index >= 15 is 0 Å². The Hall–Kier alpha value is -2.60. The Labute approximate surface area is 130 Å². The Kier molecular flexibility index (Phi) is 3.93. The Morgan fingerprint density at radius 1 is 1.18 bits per heavy atom. The first-order valence-corrected chi connectivity index (χ1v) is 7.50. The molecule has 3 nitrogen and oxygen atoms in total. The number of Topliss-reactive ketones (excluding diaryl/α,β-unsaturated/α-hetero) is 1. The van der Waals surface area contributed by atoms with Crippen molar-refractivity contribution in [2.24, 2.45) is 0 Å². The van der Waals surface area contributed by atoms with E-state index in [2.05, 4.69) is 12.1 Å². The smallest absolute Gasteiger partial charge is 0.203 e. The molecule has 3 rings (SSSR count). The largest absolute Gasteiger partial charge is 0.483 e. The zero-order valence-electron chi connectivity index (χ0n) is 12.5. The van der Waals surface area contributed by atoms with Gasteiger partial charge < -0.3 is 4.74 Å². The third kappa shape index (κ3) is 2.87. The predicted octanol–water partition coefficient (Wildman–Crippen LogP) is 3.70. The number of ketones is 1. The highest BCUT2D eigenvalue weighted by molar-refractivity contribution is 5.99. The molecule has 3 heteroatoms. The van der Waals surface area contributed by atoms with E-state index in [-0.39, 0.29) is 5.78 Å². The average molecular weight is 291 g/mol. The van der Waals surface area contributed by atoms with Gasteiger partial charge in [0.15, 0.2) is 6.10 Å². The number of hydrogen-bond acceptors (Lipinski definition) is 3. The van der Waals surface area contributed by atoms with Crippen LogP contribution in [0.1, 0.15) is 40.4 Å². The third-order valence-electron chi connectivity index (χ3n) is 4.03. The van der Waals surface area contributed by atoms with Gasteiger partial charge in [0.25, 0.3) is 0 Å². The summed E-state index contributed by atoms with van der Waals surface area (Å²) in [6, 6.07) is 14.9. The van der Waals surface area contributed by atoms with Gasteiger partial charge in [0, 0.05) is 5.56 Å². The first kappa shape index (κ1) is 14.3. The monoisotopic (exact) mass is 291 g/mol. The second-order valence-electron chi connectivity index (χ2n) is 5.60. The molecule has 2 aromatic carbocycles. The molecule has 0 radical (unpaired) electrons. The molecule has 110 valence electrons. The fourth-order valence-corrected chi connectivity index (χ4v) is 2.86. The number of nitrogens with zero attached hydrogens (tertiary/aromatic N) is 1. The summed E-state index contributed by atoms with van der Waals surface area (Å²) in [5.41, 5.74) is 3.86. The SMILES string of the molecule is C[C@@H](Oc1cccc(C#N)c1)C(=O)c1ccc2c(c1)CCC2. The van der Waals surface area contributed by atoms with Crippen LogP contribution in [-0.4, -0.2) is 11.9 Å². The molecule has 0 saturated carbocycles. The van der Waals surface area contributed by atoms with Crippen molar-refractivity contribution in [2.75, 3.05) is 0 Å². The molecule has 0 aromatic heterocycles. The number of carbonyl (C=O) groups is 1. The molecule has 0 aliphatic heterocycles. The summed E-state index contributed by atoms with van der Waals surface area (Å²) >= 11 is 0. The van der Waals surface area contributed by atoms with Crippen LogP contribution in [0.25, 0.3) is 0 Å². The summed E-state index contributed by atoms with van der Waals surface area (Å²) in [4.78, 5) is 12.5. The maximum atomic E-state index is 12.5. The topological polar surface area (TPSA) is 50.1 Å². The van der Waals surface area contributed by atoms with Gasteiger partial charge in [0.2, 0.25) is 5.78 Å². The number of benzene rings is 2. The van der Waals surface area contributed by atoms with Crippen LogP contribution in [0.15, 0.2) is 42.5 Å². The standard InChI is InChI=1S/C19H17NO2/c1-13(22-18-7-2-4-14(10-18)12-20)19(21)17-9-8-15-5-3-6-16(15)11-17/h2,4,7-11,13H,3,5-6H2,1H3/t13-/m1/s1. The Balaban J connectivity index is 1.75. The van der Waals surface area contributed by atoms with Crippen LogP contribution in [0.2, 0.25) is 0 Å². The predicted molar refractivity (Wildman–Crippen MR) is 84.0 cm³/mol. The molecule has 0 spiro atoms. The van der Waals surface area contributed by atoms with E-state index in [9.17, 15) is 4.79 Å². The highest BCUT2D eigenvalue weighted by atomic mass is 16.5. The van der Waals surface area contributed by atoms with Crippen LogP contribution in [-0.2, 0) is 12.8 Å². The molecule has 22 heavy (non-hydrogen) atoms. The lowest BCUT2D eigenvalue weighted by molar-refractivity contribution is 0.0818. The molecule has 2 aromatic rings. The van der Waals surface area contributed by atoms with Crippen molar-refractivity contribution in [1.29, 1.82) is 5.26 Å². The van der Waals surface area contributed by atoms with Gasteiger partial charge in [0.05, 0.1) is 11.6 Å². The van der Waals surface area contributed by atoms with Crippen LogP contribution >= 0.6 is 0 Å². The van der Waals surface area contributed by atoms with E-state index in [4.69, 9.17) is 10.00 Å². The van der Waals surface area contributed by atoms with Gasteiger partial charge in [-0.2, -0.15) is 5.26 Å². The second kappa shape index (κ2) is 6.03. The Bertz CT molecular complexity index is 758. The molecule has 0 bridgehead atoms. The molecule has 0 saturated heterocycles. The van der Waals surface area contributed by atoms with Gasteiger partial charge in [-0.25, -0.2) is 0 Å². The summed E-state index contributed by atoms with van der Waals surface area (Å²) in [5, 5.41) is 8.90. The van der Waals surface area contributed by atoms with Crippen LogP contribution in [0, 0.1) is 11.3 Å². The van der Waals surface area contributed by atoms with E-state index in [1.807, 2.05) is 12.1 Å². The third-order valence-corrected chi connectivity index (χ3v) is 4.03. The number of fused-ring (bicyclic) bond motifs is 1. The lowest BCUT2D eigenvalue weighted by atomic mass is 10.0. The van der Waals surface area contributed by atoms with Crippen LogP contribution in [0.4, 0.5) is 0 Å². The van der Waals surface area contributed by atoms with Crippen molar-refractivity contribution in [3.63, 3.8) is 0 Å². The van der Waals surface area contributed by atoms with Crippen molar-refractivity contribution < 1.29 is 9.53 Å². The van der Waals surface area contributed by atoms with Crippen molar-refractivity contribution in [2.45, 2.75) is 32.3 Å². The van der Waals surface area contributed by atoms with Gasteiger partial charge in [0.1, 0.15) is 5.75 Å². The van der Waals surface area contributed by atoms with E-state index < -0.39 is 6.10 Å². The number of carbonyl (C=O) groups excluding carboxylic acids is 1. The van der Waals surface area contributed by atoms with Gasteiger partial charge in [-0.15, -0.1) is 0 Å². The molecular weight excluding hydrogens is 274 g/mol. The lowest BCUT2D eigenvalue weighted by Crippen LogP contribution is -2.24. The lowest BCUT2D eigenvalue weighted by Gasteiger charge is -2.14. The highest BCUT2D eigenvalue weighted by Gasteiger charge is 2.19. The zero-order valence-corrected chi connectivity index (χ0v) is 12.5. The van der Waals surface area contributed by atoms with E-state index in [1.165, 1.54) is 17.5 Å². The zero-order chi connectivity index (χ0) is 15.5. The fourth-order valence-electron chi connectivity index (χ4n) is 2.86. The maximum absolute atomic E-state index is 12.5. The number of nitriles is 1. The van der Waals surface area contributed by atoms with E-state index in [0.717, 1.165) is 12.8 Å². The summed E-state index contributed by atoms with van der Waals surface area (Å²) in [7, 11) is 0. The first-order valence-electron chi connectivity index (χ1n) is 7.50. The van der Waals surface area contributed by atoms with Crippen molar-refractivity contribution in [3.05, 3.63) is 64.7 Å². The Morgan fingerprint density at radius 2 is 2.00 bits per heavy atom. The van der Waals surface area contributed by atoms with Crippen LogP contribution in [0.3, 0.4) is 0 Å². The minimum absolute atomic E-state index is 0.0305. The summed E-state index contributed by atoms with van der Waals surface area (Å²) in [6.45, 7) is 1.74. The molecule has 0 unspecified atom stereocenters. The van der Waals surface area contributed by atoms with E-state index in [0.29, 0.717) is 16.9 Å². The first-order chi connectivity index (χ1) is 10.7. The minimum Gasteiger partial charge on any atom is -0.483 e. The molecule has 0 amide bonds. The average Bonchev–Trinajstić information content (AvgIpc) is 3.01. The molecular formula is C19H17NO2. The normalized spacial score (nSPS) is 14.0. The highest BCUT2D eigenvalue weighted by Crippen LogP contribution is 2.24. The minimum atomic E-state index is -0.576. The Morgan fingerprint density at radius 3 is 2.82 bits per heavy atom. The van der Waals surface area contributed by atoms with Gasteiger partial charge in [-0.1, -0.05) is 18.2 Å². The van der Waals surface area contributed by atoms with Gasteiger partial charge in [-0.3, -0.25) is 4.79 Å². The summed E-state index contributed by atoms with van der Waals surface area (Å²) in [6.07, 6.45) is 2.75. The quantitative estimate of drug-likeness (QED) is 0.807. The summed E-state index contributed by atoms with van der Waals surface area (Å²) in [5.74, 6) is 0.512. The van der Waals surface area contributed by atoms with Crippen molar-refractivity contribution in [3.8, 4) is 11.8 Å². The number of hydrogen-bond donors (Lipinski definition) is 0. The molecule has 0 fully saturated rings. The second-order valence-corrected chi connectivity index (χ2v) is 5.60. The summed E-state index contributed by atoms with van der Waals surface area (Å²) < 4.78 is 5.69. The van der Waals surface area contributed by atoms with Gasteiger partial charge >= 0.3 is 0 Å². The molecule has 0 heterocycles. The van der Waals surface area contributed by atoms with E-state index in [1.54, 1.807) is 31.2 Å². The van der Waals surface area contributed by atoms with Crippen molar-refractivity contribution in [1.82, 2.24) is 0 Å². The molecule has 1 aliphatic carbocycles. The maximum Gasteiger partial charge on any atom is 0.203 e. The molecule has 1 atom stereocenters. The van der Waals surface area contributed by atoms with Gasteiger partial charge in [-0.05, 0) is 61.6 Å². The number of ether oxygens (including phenoxy) is 1. The molecule has 1 aliphatic rings. The van der Waals surface area contributed by atoms with Crippen LogP contribution < -0.4 is 4.74 Å². The number of rotatable bonds is 4. The fraction of sp³-hybridized carbons (Fsp3) is 0.263.